The highest BCUT2D eigenvalue weighted by Crippen LogP contribution is 2.57. The van der Waals surface area contributed by atoms with Gasteiger partial charge in [0.1, 0.15) is 5.82 Å². The summed E-state index contributed by atoms with van der Waals surface area (Å²) in [5.74, 6) is 6.44. The standard InChI is InChI=1S/C28H36N4O2S.C18H27NO2.C8H7NS.2CH4.H2/c33-27-24-18-9-10-19(15-18)25(24)28(34)32(27)17-21-6-2-1-5-20(21)16-30-11-13-31(14-12-30)26-22-7-3-4-8-23(22)35-29-26;1-2-11-5-3-4-6-14(11)10-19-17(20)15-12-7-8-13(9-12)16(15)18(19)21;1-6-7-4-2-3-5-8(7)10-9-6;;;/h3-4,7-8,18-21,24-25H,1-2,5-6,9-17H2;11-16H,2-10H2,1H3;2-5H,1H3;2*1H4;1H/t18-,19+,20-,21-,24+,25-;11-,12-,13+,14+,15+,16-;;;;/m01..../s1/i;;;;;1+1. The zero-order valence-electron chi connectivity index (χ0n) is 39.2. The topological polar surface area (TPSA) is 107 Å². The largest absolute Gasteiger partial charge is 0.353 e. The van der Waals surface area contributed by atoms with Crippen LogP contribution < -0.4 is 4.90 Å². The Kier molecular flexibility index (Phi) is 15.2. The van der Waals surface area contributed by atoms with Gasteiger partial charge in [-0.1, -0.05) is 90.6 Å². The van der Waals surface area contributed by atoms with Crippen molar-refractivity contribution in [2.75, 3.05) is 50.7 Å². The van der Waals surface area contributed by atoms with E-state index in [1.54, 1.807) is 32.9 Å². The highest BCUT2D eigenvalue weighted by molar-refractivity contribution is 7.14. The number of amides is 4. The monoisotopic (exact) mass is 966 g/mol. The second-order valence-electron chi connectivity index (χ2n) is 21.9. The van der Waals surface area contributed by atoms with Gasteiger partial charge in [-0.2, -0.15) is 8.75 Å². The van der Waals surface area contributed by atoms with E-state index < -0.39 is 0 Å². The average Bonchev–Trinajstić information content (AvgIpc) is 4.25. The van der Waals surface area contributed by atoms with Crippen molar-refractivity contribution in [1.82, 2.24) is 23.4 Å². The number of aromatic nitrogens is 2. The number of nitrogens with zero attached hydrogens (tertiary/aromatic N) is 6. The zero-order chi connectivity index (χ0) is 45.1. The van der Waals surface area contributed by atoms with Crippen molar-refractivity contribution < 1.29 is 20.6 Å². The number of carbonyl (C=O) groups excluding carboxylic acids is 4. The summed E-state index contributed by atoms with van der Waals surface area (Å²) in [5, 5.41) is 2.56. The van der Waals surface area contributed by atoms with Crippen molar-refractivity contribution in [3.8, 4) is 0 Å². The van der Waals surface area contributed by atoms with Gasteiger partial charge in [-0.05, 0) is 153 Å². The maximum Gasteiger partial charge on any atom is 0.233 e. The Labute approximate surface area is 415 Å². The van der Waals surface area contributed by atoms with Crippen molar-refractivity contribution in [2.45, 2.75) is 125 Å². The molecule has 6 aliphatic carbocycles. The minimum atomic E-state index is 0. The van der Waals surface area contributed by atoms with E-state index >= 15 is 0 Å². The van der Waals surface area contributed by atoms with Gasteiger partial charge < -0.3 is 4.90 Å². The number of carbonyl (C=O) groups is 4. The van der Waals surface area contributed by atoms with E-state index in [2.05, 4.69) is 57.5 Å². The summed E-state index contributed by atoms with van der Waals surface area (Å²) in [5.41, 5.74) is 1.14. The Morgan fingerprint density at radius 1 is 0.529 bits per heavy atom. The van der Waals surface area contributed by atoms with Crippen molar-refractivity contribution in [1.29, 1.82) is 0 Å². The van der Waals surface area contributed by atoms with Crippen LogP contribution in [-0.4, -0.2) is 92.9 Å². The molecule has 13 rings (SSSR count). The summed E-state index contributed by atoms with van der Waals surface area (Å²) in [4.78, 5) is 60.6. The fourth-order valence-electron chi connectivity index (χ4n) is 15.2. The van der Waals surface area contributed by atoms with E-state index in [0.717, 1.165) is 88.8 Å². The number of likely N-dealkylation sites (tertiary alicyclic amines) is 2. The van der Waals surface area contributed by atoms with Gasteiger partial charge in [0, 0.05) is 58.0 Å². The van der Waals surface area contributed by atoms with Crippen LogP contribution in [0.1, 0.15) is 125 Å². The molecule has 3 aliphatic heterocycles. The molecule has 4 bridgehead atoms. The van der Waals surface area contributed by atoms with Crippen LogP contribution in [-0.2, 0) is 19.2 Å². The second-order valence-corrected chi connectivity index (χ2v) is 23.5. The van der Waals surface area contributed by atoms with Gasteiger partial charge in [-0.15, -0.1) is 0 Å². The highest BCUT2D eigenvalue weighted by Gasteiger charge is 2.62. The van der Waals surface area contributed by atoms with Gasteiger partial charge in [-0.3, -0.25) is 33.9 Å². The van der Waals surface area contributed by atoms with Crippen LogP contribution in [0.4, 0.5) is 5.82 Å². The third-order valence-electron chi connectivity index (χ3n) is 18.6. The molecule has 6 saturated carbocycles. The van der Waals surface area contributed by atoms with E-state index in [4.69, 9.17) is 4.37 Å². The minimum absolute atomic E-state index is 0. The van der Waals surface area contributed by atoms with Gasteiger partial charge in [0.25, 0.3) is 0 Å². The Morgan fingerprint density at radius 3 is 1.43 bits per heavy atom. The Bertz CT molecular complexity index is 2380. The molecule has 3 saturated heterocycles. The first-order chi connectivity index (χ1) is 32.2. The summed E-state index contributed by atoms with van der Waals surface area (Å²) in [6.07, 6.45) is 18.1. The van der Waals surface area contributed by atoms with Crippen LogP contribution in [0.15, 0.2) is 48.5 Å². The molecule has 0 unspecified atom stereocenters. The summed E-state index contributed by atoms with van der Waals surface area (Å²) in [6.45, 7) is 11.0. The predicted octanol–water partition coefficient (Wildman–Crippen LogP) is 11.6. The molecule has 68 heavy (non-hydrogen) atoms. The molecule has 12 heteroatoms. The summed E-state index contributed by atoms with van der Waals surface area (Å²) < 4.78 is 11.5. The van der Waals surface area contributed by atoms with Gasteiger partial charge in [0.05, 0.1) is 38.8 Å². The third-order valence-corrected chi connectivity index (χ3v) is 20.3. The number of piperazine rings is 1. The maximum atomic E-state index is 13.3. The lowest BCUT2D eigenvalue weighted by Gasteiger charge is -2.40. The molecule has 12 atom stereocenters. The first-order valence-corrected chi connectivity index (χ1v) is 27.6. The first-order valence-electron chi connectivity index (χ1n) is 26.1. The van der Waals surface area contributed by atoms with Crippen LogP contribution in [0.2, 0.25) is 0 Å². The molecule has 0 spiro atoms. The van der Waals surface area contributed by atoms with E-state index in [1.807, 2.05) is 19.1 Å². The molecule has 370 valence electrons. The number of hydrogen-bond acceptors (Lipinski definition) is 10. The zero-order valence-corrected chi connectivity index (χ0v) is 40.9. The fraction of sp³-hybridized carbons (Fsp3) is 0.679. The molecule has 9 aliphatic rings. The van der Waals surface area contributed by atoms with Crippen LogP contribution >= 0.6 is 23.1 Å². The number of fused-ring (bicyclic) bond motifs is 12. The number of anilines is 1. The summed E-state index contributed by atoms with van der Waals surface area (Å²) in [7, 11) is 0. The normalized spacial score (nSPS) is 33.8. The first kappa shape index (κ1) is 49.2. The van der Waals surface area contributed by atoms with Gasteiger partial charge in [0.2, 0.25) is 23.6 Å². The fourth-order valence-corrected chi connectivity index (χ4v) is 16.8. The molecule has 4 aromatic rings. The molecule has 0 radical (unpaired) electrons. The van der Waals surface area contributed by atoms with E-state index in [1.165, 1.54) is 84.4 Å². The summed E-state index contributed by atoms with van der Waals surface area (Å²) >= 11 is 3.16. The third kappa shape index (κ3) is 9.10. The molecule has 2 aromatic carbocycles. The van der Waals surface area contributed by atoms with Gasteiger partial charge in [0.15, 0.2) is 0 Å². The number of rotatable bonds is 8. The number of aryl methyl sites for hydroxylation is 1. The smallest absolute Gasteiger partial charge is 0.233 e. The Hall–Kier alpha value is -3.74. The van der Waals surface area contributed by atoms with Crippen molar-refractivity contribution in [2.24, 2.45) is 71.0 Å². The van der Waals surface area contributed by atoms with Crippen molar-refractivity contribution >= 4 is 72.7 Å². The Balaban J connectivity index is 0.000000160. The maximum absolute atomic E-state index is 13.3. The molecule has 0 N–H and O–H groups in total. The molecule has 4 amide bonds. The predicted molar refractivity (Wildman–Crippen MR) is 278 cm³/mol. The molecule has 2 aromatic heterocycles. The minimum Gasteiger partial charge on any atom is -0.353 e. The van der Waals surface area contributed by atoms with Gasteiger partial charge >= 0.3 is 0 Å². The number of benzene rings is 2. The molecular formula is C56H80N6O4S2. The van der Waals surface area contributed by atoms with E-state index in [9.17, 15) is 19.2 Å². The van der Waals surface area contributed by atoms with Crippen molar-refractivity contribution in [3.05, 3.63) is 54.2 Å². The van der Waals surface area contributed by atoms with E-state index in [-0.39, 0.29) is 63.6 Å². The van der Waals surface area contributed by atoms with E-state index in [0.29, 0.717) is 48.0 Å². The van der Waals surface area contributed by atoms with Gasteiger partial charge in [-0.25, -0.2) is 0 Å². The second kappa shape index (κ2) is 20.9. The highest BCUT2D eigenvalue weighted by atomic mass is 32.1. The van der Waals surface area contributed by atoms with Crippen LogP contribution in [0.5, 0.6) is 0 Å². The summed E-state index contributed by atoms with van der Waals surface area (Å²) in [6, 6.07) is 16.8. The SMILES string of the molecule is C.C.CC[C@@H]1CCCC[C@H]1CN1C(=O)[C@@H]2[C@H]3CC[C@H](C3)[C@@H]2C1=O.Cc1nsc2ccccc12.O=C1[C@@H]2[C@H]3CC[C@H](C3)[C@@H]2C(=O)N1C[C@@H]1CCCC[C@H]1CN1CCN(c2nsc3ccccc23)CC1.[2HH]. The van der Waals surface area contributed by atoms with Crippen LogP contribution in [0.3, 0.4) is 0 Å². The van der Waals surface area contributed by atoms with Crippen LogP contribution in [0, 0.1) is 77.9 Å². The average molecular weight is 966 g/mol. The Morgan fingerprint density at radius 2 is 0.941 bits per heavy atom. The lowest BCUT2D eigenvalue weighted by atomic mass is 9.77. The molecule has 5 heterocycles. The lowest BCUT2D eigenvalue weighted by molar-refractivity contribution is -0.143. The lowest BCUT2D eigenvalue weighted by Crippen LogP contribution is -2.49. The molecule has 9 fully saturated rings. The number of imide groups is 2. The van der Waals surface area contributed by atoms with Crippen LogP contribution in [0.25, 0.3) is 20.2 Å². The number of hydrogen-bond donors (Lipinski definition) is 0. The molecule has 10 nitrogen and oxygen atoms in total. The molecular weight excluding hydrogens is 885 g/mol. The quantitative estimate of drug-likeness (QED) is 0.161. The van der Waals surface area contributed by atoms with Crippen molar-refractivity contribution in [3.63, 3.8) is 0 Å².